The van der Waals surface area contributed by atoms with Crippen LogP contribution in [0.5, 0.6) is 0 Å². The molecule has 2 atom stereocenters. The second kappa shape index (κ2) is 8.64. The van der Waals surface area contributed by atoms with Gasteiger partial charge in [0.15, 0.2) is 0 Å². The molecular formula is C19H23NOS. The van der Waals surface area contributed by atoms with Gasteiger partial charge in [0.2, 0.25) is 5.91 Å². The summed E-state index contributed by atoms with van der Waals surface area (Å²) in [6, 6.07) is 20.6. The van der Waals surface area contributed by atoms with E-state index in [0.717, 1.165) is 17.7 Å². The Balaban J connectivity index is 1.75. The zero-order chi connectivity index (χ0) is 15.8. The predicted molar refractivity (Wildman–Crippen MR) is 94.1 cm³/mol. The lowest BCUT2D eigenvalue weighted by Crippen LogP contribution is -2.37. The summed E-state index contributed by atoms with van der Waals surface area (Å²) in [6.45, 7) is 4.03. The predicted octanol–water partition coefficient (Wildman–Crippen LogP) is 4.30. The van der Waals surface area contributed by atoms with Gasteiger partial charge in [-0.15, -0.1) is 11.8 Å². The third kappa shape index (κ3) is 5.57. The fraction of sp³-hybridized carbons (Fsp3) is 0.316. The largest absolute Gasteiger partial charge is 0.353 e. The van der Waals surface area contributed by atoms with Crippen LogP contribution in [0.15, 0.2) is 65.6 Å². The fourth-order valence-corrected chi connectivity index (χ4v) is 3.11. The summed E-state index contributed by atoms with van der Waals surface area (Å²) in [6.07, 6.45) is 1.95. The Hall–Kier alpha value is -1.74. The van der Waals surface area contributed by atoms with E-state index in [4.69, 9.17) is 0 Å². The van der Waals surface area contributed by atoms with Crippen LogP contribution < -0.4 is 5.32 Å². The van der Waals surface area contributed by atoms with Gasteiger partial charge in [-0.1, -0.05) is 48.5 Å². The Morgan fingerprint density at radius 1 is 1.00 bits per heavy atom. The normalized spacial score (nSPS) is 13.4. The van der Waals surface area contributed by atoms with Crippen molar-refractivity contribution in [1.82, 2.24) is 5.32 Å². The molecule has 0 spiro atoms. The van der Waals surface area contributed by atoms with Crippen molar-refractivity contribution in [2.24, 2.45) is 0 Å². The lowest BCUT2D eigenvalue weighted by Gasteiger charge is -2.17. The smallest absolute Gasteiger partial charge is 0.233 e. The maximum Gasteiger partial charge on any atom is 0.233 e. The number of aryl methyl sites for hydroxylation is 1. The highest BCUT2D eigenvalue weighted by atomic mass is 32.2. The Labute approximate surface area is 137 Å². The van der Waals surface area contributed by atoms with E-state index in [0.29, 0.717) is 0 Å². The molecule has 1 amide bonds. The molecule has 2 aromatic rings. The lowest BCUT2D eigenvalue weighted by molar-refractivity contribution is -0.120. The quantitative estimate of drug-likeness (QED) is 0.772. The Bertz CT molecular complexity index is 571. The van der Waals surface area contributed by atoms with Crippen LogP contribution in [0.3, 0.4) is 0 Å². The van der Waals surface area contributed by atoms with Crippen LogP contribution in [-0.2, 0) is 11.2 Å². The van der Waals surface area contributed by atoms with Gasteiger partial charge in [-0.25, -0.2) is 0 Å². The molecule has 2 rings (SSSR count). The number of hydrogen-bond acceptors (Lipinski definition) is 2. The number of benzene rings is 2. The molecule has 3 heteroatoms. The van der Waals surface area contributed by atoms with E-state index in [1.54, 1.807) is 11.8 Å². The van der Waals surface area contributed by atoms with Gasteiger partial charge in [-0.05, 0) is 44.4 Å². The molecule has 0 heterocycles. The Morgan fingerprint density at radius 3 is 2.23 bits per heavy atom. The van der Waals surface area contributed by atoms with E-state index < -0.39 is 0 Å². The molecule has 0 aliphatic rings. The summed E-state index contributed by atoms with van der Waals surface area (Å²) in [5.74, 6) is 0.106. The van der Waals surface area contributed by atoms with Crippen LogP contribution >= 0.6 is 11.8 Å². The molecule has 0 fully saturated rings. The number of rotatable bonds is 7. The van der Waals surface area contributed by atoms with Crippen LogP contribution in [0.1, 0.15) is 25.8 Å². The molecular weight excluding hydrogens is 290 g/mol. The number of carbonyl (C=O) groups is 1. The van der Waals surface area contributed by atoms with E-state index in [1.165, 1.54) is 5.56 Å². The average molecular weight is 313 g/mol. The zero-order valence-corrected chi connectivity index (χ0v) is 14.0. The molecule has 0 aromatic heterocycles. The number of thioether (sulfide) groups is 1. The van der Waals surface area contributed by atoms with Gasteiger partial charge in [-0.2, -0.15) is 0 Å². The maximum absolute atomic E-state index is 12.2. The average Bonchev–Trinajstić information content (AvgIpc) is 2.55. The standard InChI is InChI=1S/C19H23NOS/c1-15(13-14-17-9-5-3-6-10-17)20-19(21)16(2)22-18-11-7-4-8-12-18/h3-12,15-16H,13-14H2,1-2H3,(H,20,21)/t15-,16+/m0/s1. The molecule has 0 bridgehead atoms. The molecule has 0 unspecified atom stereocenters. The van der Waals surface area contributed by atoms with Crippen molar-refractivity contribution in [2.45, 2.75) is 42.9 Å². The van der Waals surface area contributed by atoms with Gasteiger partial charge in [0.1, 0.15) is 0 Å². The van der Waals surface area contributed by atoms with E-state index in [9.17, 15) is 4.79 Å². The minimum Gasteiger partial charge on any atom is -0.353 e. The topological polar surface area (TPSA) is 29.1 Å². The van der Waals surface area contributed by atoms with E-state index in [2.05, 4.69) is 36.5 Å². The highest BCUT2D eigenvalue weighted by Crippen LogP contribution is 2.22. The first kappa shape index (κ1) is 16.6. The Kier molecular flexibility index (Phi) is 6.53. The highest BCUT2D eigenvalue weighted by molar-refractivity contribution is 8.00. The van der Waals surface area contributed by atoms with Gasteiger partial charge >= 0.3 is 0 Å². The van der Waals surface area contributed by atoms with Crippen molar-refractivity contribution >= 4 is 17.7 Å². The molecule has 0 aliphatic carbocycles. The zero-order valence-electron chi connectivity index (χ0n) is 13.2. The maximum atomic E-state index is 12.2. The van der Waals surface area contributed by atoms with Crippen molar-refractivity contribution in [2.75, 3.05) is 0 Å². The molecule has 2 nitrogen and oxygen atoms in total. The first-order valence-electron chi connectivity index (χ1n) is 7.71. The second-order valence-electron chi connectivity index (χ2n) is 5.51. The highest BCUT2D eigenvalue weighted by Gasteiger charge is 2.16. The summed E-state index contributed by atoms with van der Waals surface area (Å²) in [4.78, 5) is 13.4. The summed E-state index contributed by atoms with van der Waals surface area (Å²) in [5.41, 5.74) is 1.32. The molecule has 0 radical (unpaired) electrons. The molecule has 2 aromatic carbocycles. The van der Waals surface area contributed by atoms with Crippen molar-refractivity contribution in [3.63, 3.8) is 0 Å². The molecule has 0 saturated carbocycles. The third-order valence-corrected chi connectivity index (χ3v) is 4.63. The molecule has 0 aliphatic heterocycles. The minimum absolute atomic E-state index is 0.0819. The summed E-state index contributed by atoms with van der Waals surface area (Å²) in [7, 11) is 0. The fourth-order valence-electron chi connectivity index (χ4n) is 2.22. The van der Waals surface area contributed by atoms with Crippen molar-refractivity contribution in [3.05, 3.63) is 66.2 Å². The van der Waals surface area contributed by atoms with Crippen molar-refractivity contribution < 1.29 is 4.79 Å². The van der Waals surface area contributed by atoms with Crippen LogP contribution in [-0.4, -0.2) is 17.2 Å². The van der Waals surface area contributed by atoms with Gasteiger partial charge in [0.25, 0.3) is 0 Å². The SMILES string of the molecule is C[C@@H](CCc1ccccc1)NC(=O)[C@@H](C)Sc1ccccc1. The van der Waals surface area contributed by atoms with Crippen LogP contribution in [0.25, 0.3) is 0 Å². The van der Waals surface area contributed by atoms with Crippen molar-refractivity contribution in [3.8, 4) is 0 Å². The summed E-state index contributed by atoms with van der Waals surface area (Å²) < 4.78 is 0. The number of hydrogen-bond donors (Lipinski definition) is 1. The van der Waals surface area contributed by atoms with Crippen molar-refractivity contribution in [1.29, 1.82) is 0 Å². The summed E-state index contributed by atoms with van der Waals surface area (Å²) in [5, 5.41) is 3.03. The Morgan fingerprint density at radius 2 is 1.59 bits per heavy atom. The van der Waals surface area contributed by atoms with Gasteiger partial charge < -0.3 is 5.32 Å². The van der Waals surface area contributed by atoms with Crippen LogP contribution in [0.2, 0.25) is 0 Å². The molecule has 0 saturated heterocycles. The second-order valence-corrected chi connectivity index (χ2v) is 6.92. The first-order valence-corrected chi connectivity index (χ1v) is 8.59. The minimum atomic E-state index is -0.0819. The van der Waals surface area contributed by atoms with E-state index in [-0.39, 0.29) is 17.2 Å². The number of amides is 1. The van der Waals surface area contributed by atoms with Crippen LogP contribution in [0, 0.1) is 0 Å². The summed E-state index contributed by atoms with van der Waals surface area (Å²) >= 11 is 1.60. The monoisotopic (exact) mass is 313 g/mol. The van der Waals surface area contributed by atoms with Gasteiger partial charge in [0, 0.05) is 10.9 Å². The third-order valence-electron chi connectivity index (χ3n) is 3.52. The van der Waals surface area contributed by atoms with Gasteiger partial charge in [-0.3, -0.25) is 4.79 Å². The van der Waals surface area contributed by atoms with E-state index in [1.807, 2.05) is 43.3 Å². The molecule has 116 valence electrons. The number of nitrogens with one attached hydrogen (secondary N) is 1. The lowest BCUT2D eigenvalue weighted by atomic mass is 10.1. The number of carbonyl (C=O) groups excluding carboxylic acids is 1. The molecule has 1 N–H and O–H groups in total. The van der Waals surface area contributed by atoms with Gasteiger partial charge in [0.05, 0.1) is 5.25 Å². The van der Waals surface area contributed by atoms with E-state index >= 15 is 0 Å². The molecule has 22 heavy (non-hydrogen) atoms. The van der Waals surface area contributed by atoms with Crippen LogP contribution in [0.4, 0.5) is 0 Å². The first-order chi connectivity index (χ1) is 10.6.